The van der Waals surface area contributed by atoms with Crippen molar-refractivity contribution in [2.45, 2.75) is 19.4 Å². The number of hydrogen-bond acceptors (Lipinski definition) is 2. The second-order valence-electron chi connectivity index (χ2n) is 4.35. The van der Waals surface area contributed by atoms with E-state index in [1.165, 1.54) is 30.8 Å². The van der Waals surface area contributed by atoms with Gasteiger partial charge in [0.05, 0.1) is 4.70 Å². The van der Waals surface area contributed by atoms with Gasteiger partial charge in [0.25, 0.3) is 0 Å². The maximum atomic E-state index is 13.5. The quantitative estimate of drug-likeness (QED) is 0.768. The second-order valence-corrected chi connectivity index (χ2v) is 5.49. The summed E-state index contributed by atoms with van der Waals surface area (Å²) in [5.74, 6) is -0.0878. The van der Waals surface area contributed by atoms with Gasteiger partial charge in [-0.15, -0.1) is 11.3 Å². The summed E-state index contributed by atoms with van der Waals surface area (Å²) in [5.41, 5.74) is 0. The molecule has 1 nitrogen and oxygen atoms in total. The Morgan fingerprint density at radius 1 is 1.25 bits per heavy atom. The van der Waals surface area contributed by atoms with Crippen LogP contribution < -0.4 is 0 Å². The van der Waals surface area contributed by atoms with Gasteiger partial charge >= 0.3 is 0 Å². The van der Waals surface area contributed by atoms with Gasteiger partial charge in [-0.25, -0.2) is 4.39 Å². The van der Waals surface area contributed by atoms with Crippen LogP contribution in [0.5, 0.6) is 0 Å². The van der Waals surface area contributed by atoms with E-state index in [-0.39, 0.29) is 5.82 Å². The number of nitrogens with zero attached hydrogens (tertiary/aromatic N) is 1. The largest absolute Gasteiger partial charge is 0.298 e. The summed E-state index contributed by atoms with van der Waals surface area (Å²) in [4.78, 5) is 3.73. The van der Waals surface area contributed by atoms with Crippen molar-refractivity contribution in [2.24, 2.45) is 0 Å². The monoisotopic (exact) mass is 235 g/mol. The molecule has 1 aromatic carbocycles. The first-order chi connectivity index (χ1) is 7.83. The molecule has 0 aliphatic carbocycles. The first-order valence-corrected chi connectivity index (χ1v) is 6.54. The molecule has 1 aliphatic heterocycles. The van der Waals surface area contributed by atoms with Gasteiger partial charge in [-0.1, -0.05) is 12.1 Å². The molecule has 0 unspecified atom stereocenters. The highest BCUT2D eigenvalue weighted by atomic mass is 32.1. The van der Waals surface area contributed by atoms with E-state index in [0.717, 1.165) is 16.6 Å². The molecule has 1 fully saturated rings. The molecule has 0 saturated carbocycles. The number of fused-ring (bicyclic) bond motifs is 1. The Kier molecular flexibility index (Phi) is 2.65. The predicted octanol–water partition coefficient (Wildman–Crippen LogP) is 3.64. The molecule has 1 aromatic heterocycles. The lowest BCUT2D eigenvalue weighted by atomic mass is 10.2. The van der Waals surface area contributed by atoms with Gasteiger partial charge in [0, 0.05) is 11.4 Å². The molecule has 3 heteroatoms. The smallest absolute Gasteiger partial charge is 0.140 e. The van der Waals surface area contributed by atoms with Gasteiger partial charge in [0.2, 0.25) is 0 Å². The van der Waals surface area contributed by atoms with Gasteiger partial charge in [-0.3, -0.25) is 4.90 Å². The van der Waals surface area contributed by atoms with Crippen molar-refractivity contribution in [2.75, 3.05) is 13.1 Å². The molecule has 2 heterocycles. The summed E-state index contributed by atoms with van der Waals surface area (Å²) in [7, 11) is 0. The number of thiophene rings is 1. The summed E-state index contributed by atoms with van der Waals surface area (Å²) < 4.78 is 14.3. The lowest BCUT2D eigenvalue weighted by Gasteiger charge is -2.12. The Morgan fingerprint density at radius 2 is 2.06 bits per heavy atom. The van der Waals surface area contributed by atoms with E-state index < -0.39 is 0 Å². The van der Waals surface area contributed by atoms with E-state index in [4.69, 9.17) is 0 Å². The Hall–Kier alpha value is -0.930. The molecule has 0 amide bonds. The summed E-state index contributed by atoms with van der Waals surface area (Å²) in [6, 6.07) is 7.44. The van der Waals surface area contributed by atoms with Crippen molar-refractivity contribution in [3.63, 3.8) is 0 Å². The van der Waals surface area contributed by atoms with Gasteiger partial charge in [0.1, 0.15) is 5.82 Å². The van der Waals surface area contributed by atoms with Crippen LogP contribution in [-0.2, 0) is 6.54 Å². The van der Waals surface area contributed by atoms with Crippen molar-refractivity contribution in [1.82, 2.24) is 4.90 Å². The predicted molar refractivity (Wildman–Crippen MR) is 66.3 cm³/mol. The van der Waals surface area contributed by atoms with Gasteiger partial charge in [0.15, 0.2) is 0 Å². The van der Waals surface area contributed by atoms with Crippen molar-refractivity contribution in [1.29, 1.82) is 0 Å². The van der Waals surface area contributed by atoms with E-state index in [1.54, 1.807) is 23.5 Å². The third-order valence-corrected chi connectivity index (χ3v) is 4.27. The van der Waals surface area contributed by atoms with Crippen molar-refractivity contribution in [3.05, 3.63) is 35.0 Å². The third-order valence-electron chi connectivity index (χ3n) is 3.13. The fourth-order valence-corrected chi connectivity index (χ4v) is 3.43. The minimum absolute atomic E-state index is 0.0878. The lowest BCUT2D eigenvalue weighted by Crippen LogP contribution is -2.17. The number of likely N-dealkylation sites (tertiary alicyclic amines) is 1. The maximum Gasteiger partial charge on any atom is 0.140 e. The summed E-state index contributed by atoms with van der Waals surface area (Å²) in [6.07, 6.45) is 2.61. The van der Waals surface area contributed by atoms with Crippen molar-refractivity contribution in [3.8, 4) is 0 Å². The van der Waals surface area contributed by atoms with Crippen molar-refractivity contribution < 1.29 is 4.39 Å². The second kappa shape index (κ2) is 4.15. The minimum atomic E-state index is -0.0878. The van der Waals surface area contributed by atoms with E-state index in [0.29, 0.717) is 0 Å². The highest BCUT2D eigenvalue weighted by Gasteiger charge is 2.13. The van der Waals surface area contributed by atoms with Crippen LogP contribution in [0.3, 0.4) is 0 Å². The Labute approximate surface area is 98.5 Å². The van der Waals surface area contributed by atoms with Crippen LogP contribution >= 0.6 is 11.3 Å². The highest BCUT2D eigenvalue weighted by molar-refractivity contribution is 7.19. The van der Waals surface area contributed by atoms with Crippen molar-refractivity contribution >= 4 is 21.4 Å². The number of halogens is 1. The Balaban J connectivity index is 1.90. The lowest BCUT2D eigenvalue weighted by molar-refractivity contribution is 0.334. The molecule has 0 bridgehead atoms. The molecular weight excluding hydrogens is 221 g/mol. The Bertz CT molecular complexity index is 500. The molecule has 0 atom stereocenters. The van der Waals surface area contributed by atoms with E-state index in [9.17, 15) is 4.39 Å². The molecule has 0 N–H and O–H groups in total. The molecule has 2 aromatic rings. The molecular formula is C13H14FNS. The standard InChI is InChI=1S/C13H14FNS/c14-12-5-3-4-10-8-11(16-13(10)12)9-15-6-1-2-7-15/h3-5,8H,1-2,6-7,9H2. The van der Waals surface area contributed by atoms with E-state index in [2.05, 4.69) is 11.0 Å². The maximum absolute atomic E-state index is 13.5. The first-order valence-electron chi connectivity index (χ1n) is 5.72. The normalized spacial score (nSPS) is 17.3. The van der Waals surface area contributed by atoms with Gasteiger partial charge < -0.3 is 0 Å². The van der Waals surface area contributed by atoms with Crippen LogP contribution in [0.25, 0.3) is 10.1 Å². The average Bonchev–Trinajstić information content (AvgIpc) is 2.88. The van der Waals surface area contributed by atoms with Crippen LogP contribution in [0.4, 0.5) is 4.39 Å². The SMILES string of the molecule is Fc1cccc2cc(CN3CCCC3)sc12. The first kappa shape index (κ1) is 10.2. The molecule has 84 valence electrons. The minimum Gasteiger partial charge on any atom is -0.298 e. The number of benzene rings is 1. The summed E-state index contributed by atoms with van der Waals surface area (Å²) >= 11 is 1.59. The van der Waals surface area contributed by atoms with Crippen LogP contribution in [0.1, 0.15) is 17.7 Å². The topological polar surface area (TPSA) is 3.24 Å². The fraction of sp³-hybridized carbons (Fsp3) is 0.385. The molecule has 0 spiro atoms. The zero-order chi connectivity index (χ0) is 11.0. The van der Waals surface area contributed by atoms with Gasteiger partial charge in [-0.05, 0) is 43.5 Å². The molecule has 1 aliphatic rings. The molecule has 0 radical (unpaired) electrons. The average molecular weight is 235 g/mol. The molecule has 1 saturated heterocycles. The van der Waals surface area contributed by atoms with Crippen LogP contribution in [0.15, 0.2) is 24.3 Å². The Morgan fingerprint density at radius 3 is 2.81 bits per heavy atom. The summed E-state index contributed by atoms with van der Waals surface area (Å²) in [6.45, 7) is 3.37. The fourth-order valence-electron chi connectivity index (χ4n) is 2.32. The molecule has 3 rings (SSSR count). The summed E-state index contributed by atoms with van der Waals surface area (Å²) in [5, 5.41) is 1.04. The third kappa shape index (κ3) is 1.85. The highest BCUT2D eigenvalue weighted by Crippen LogP contribution is 2.29. The van der Waals surface area contributed by atoms with Crippen LogP contribution in [-0.4, -0.2) is 18.0 Å². The zero-order valence-corrected chi connectivity index (χ0v) is 9.89. The van der Waals surface area contributed by atoms with Crippen LogP contribution in [0.2, 0.25) is 0 Å². The van der Waals surface area contributed by atoms with Crippen LogP contribution in [0, 0.1) is 5.82 Å². The van der Waals surface area contributed by atoms with E-state index >= 15 is 0 Å². The number of rotatable bonds is 2. The van der Waals surface area contributed by atoms with Gasteiger partial charge in [-0.2, -0.15) is 0 Å². The zero-order valence-electron chi connectivity index (χ0n) is 9.08. The number of hydrogen-bond donors (Lipinski definition) is 0. The van der Waals surface area contributed by atoms with E-state index in [1.807, 2.05) is 6.07 Å². The molecule has 16 heavy (non-hydrogen) atoms.